The molecule has 4 aromatic rings. The smallest absolute Gasteiger partial charge is 0.291 e. The minimum atomic E-state index is -0.524. The summed E-state index contributed by atoms with van der Waals surface area (Å²) in [4.78, 5) is 14.9. The molecule has 1 fully saturated rings. The van der Waals surface area contributed by atoms with Crippen LogP contribution >= 0.6 is 0 Å². The number of rotatable bonds is 5. The zero-order valence-corrected chi connectivity index (χ0v) is 16.7. The first-order valence-corrected chi connectivity index (χ1v) is 10.1. The minimum Gasteiger partial charge on any atom is -0.459 e. The van der Waals surface area contributed by atoms with Crippen LogP contribution in [0.2, 0.25) is 0 Å². The predicted octanol–water partition coefficient (Wildman–Crippen LogP) is 4.84. The van der Waals surface area contributed by atoms with E-state index in [0.717, 1.165) is 5.39 Å². The second-order valence-corrected chi connectivity index (χ2v) is 7.34. The molecule has 1 saturated heterocycles. The maximum Gasteiger partial charge on any atom is 0.291 e. The highest BCUT2D eigenvalue weighted by molar-refractivity contribution is 6.08. The highest BCUT2D eigenvalue weighted by Gasteiger charge is 2.33. The van der Waals surface area contributed by atoms with E-state index in [-0.39, 0.29) is 11.6 Å². The molecule has 6 nitrogen and oxygen atoms in total. The number of fused-ring (bicyclic) bond motifs is 1. The molecular formula is C24H21FN2O4. The first kappa shape index (κ1) is 19.5. The van der Waals surface area contributed by atoms with E-state index in [1.807, 2.05) is 24.3 Å². The number of furan rings is 2. The van der Waals surface area contributed by atoms with Gasteiger partial charge in [-0.1, -0.05) is 30.3 Å². The summed E-state index contributed by atoms with van der Waals surface area (Å²) in [5.41, 5.74) is 1.61. The largest absolute Gasteiger partial charge is 0.459 e. The molecule has 1 atom stereocenters. The Bertz CT molecular complexity index is 1200. The van der Waals surface area contributed by atoms with Gasteiger partial charge < -0.3 is 18.9 Å². The molecule has 1 N–H and O–H groups in total. The highest BCUT2D eigenvalue weighted by atomic mass is 19.1. The molecule has 1 aliphatic heterocycles. The second kappa shape index (κ2) is 8.37. The zero-order chi connectivity index (χ0) is 21.2. The number of carbonyl (C=O) groups excluding carboxylic acids is 1. The van der Waals surface area contributed by atoms with Crippen LogP contribution in [0.1, 0.15) is 27.9 Å². The number of hydrogen-bond acceptors (Lipinski definition) is 5. The third-order valence-electron chi connectivity index (χ3n) is 5.47. The first-order chi connectivity index (χ1) is 15.2. The Kier molecular flexibility index (Phi) is 5.28. The summed E-state index contributed by atoms with van der Waals surface area (Å²) in [7, 11) is 0. The monoisotopic (exact) mass is 420 g/mol. The molecule has 0 unspecified atom stereocenters. The quantitative estimate of drug-likeness (QED) is 0.500. The van der Waals surface area contributed by atoms with Gasteiger partial charge in [0.2, 0.25) is 0 Å². The van der Waals surface area contributed by atoms with E-state index in [2.05, 4.69) is 10.2 Å². The molecule has 0 radical (unpaired) electrons. The Morgan fingerprint density at radius 1 is 1.00 bits per heavy atom. The number of ether oxygens (including phenoxy) is 1. The van der Waals surface area contributed by atoms with Crippen molar-refractivity contribution in [1.29, 1.82) is 0 Å². The predicted molar refractivity (Wildman–Crippen MR) is 114 cm³/mol. The van der Waals surface area contributed by atoms with Gasteiger partial charge in [-0.05, 0) is 30.3 Å². The minimum absolute atomic E-state index is 0.185. The topological polar surface area (TPSA) is 67.9 Å². The molecule has 31 heavy (non-hydrogen) atoms. The summed E-state index contributed by atoms with van der Waals surface area (Å²) in [6, 6.07) is 16.8. The summed E-state index contributed by atoms with van der Waals surface area (Å²) < 4.78 is 32.0. The van der Waals surface area contributed by atoms with Crippen molar-refractivity contribution in [1.82, 2.24) is 4.90 Å². The normalized spacial score (nSPS) is 15.8. The third kappa shape index (κ3) is 3.73. The summed E-state index contributed by atoms with van der Waals surface area (Å²) in [6.07, 6.45) is 1.44. The van der Waals surface area contributed by atoms with Crippen molar-refractivity contribution in [3.8, 4) is 0 Å². The molecule has 1 aliphatic rings. The Morgan fingerprint density at radius 2 is 1.77 bits per heavy atom. The van der Waals surface area contributed by atoms with Gasteiger partial charge in [0.25, 0.3) is 5.91 Å². The molecule has 2 aromatic carbocycles. The number of benzene rings is 2. The molecule has 2 aromatic heterocycles. The van der Waals surface area contributed by atoms with Gasteiger partial charge in [-0.3, -0.25) is 9.69 Å². The van der Waals surface area contributed by atoms with E-state index in [9.17, 15) is 9.18 Å². The van der Waals surface area contributed by atoms with E-state index in [0.29, 0.717) is 48.9 Å². The van der Waals surface area contributed by atoms with Crippen LogP contribution < -0.4 is 5.32 Å². The Morgan fingerprint density at radius 3 is 2.55 bits per heavy atom. The van der Waals surface area contributed by atoms with Crippen molar-refractivity contribution in [2.75, 3.05) is 31.6 Å². The Labute approximate surface area is 178 Å². The van der Waals surface area contributed by atoms with E-state index in [1.165, 1.54) is 12.3 Å². The van der Waals surface area contributed by atoms with Crippen LogP contribution in [0.25, 0.3) is 11.0 Å². The molecule has 0 saturated carbocycles. The van der Waals surface area contributed by atoms with E-state index >= 15 is 0 Å². The highest BCUT2D eigenvalue weighted by Crippen LogP contribution is 2.41. The van der Waals surface area contributed by atoms with E-state index < -0.39 is 11.9 Å². The van der Waals surface area contributed by atoms with Gasteiger partial charge >= 0.3 is 0 Å². The number of halogens is 1. The number of nitrogens with zero attached hydrogens (tertiary/aromatic N) is 1. The lowest BCUT2D eigenvalue weighted by molar-refractivity contribution is 0.0199. The van der Waals surface area contributed by atoms with Crippen molar-refractivity contribution in [2.24, 2.45) is 0 Å². The van der Waals surface area contributed by atoms with Crippen molar-refractivity contribution in [2.45, 2.75) is 6.04 Å². The number of anilines is 1. The molecule has 5 rings (SSSR count). The van der Waals surface area contributed by atoms with Gasteiger partial charge in [-0.2, -0.15) is 0 Å². The van der Waals surface area contributed by atoms with Crippen LogP contribution in [0.15, 0.2) is 75.8 Å². The average molecular weight is 420 g/mol. The lowest BCUT2D eigenvalue weighted by atomic mass is 9.99. The van der Waals surface area contributed by atoms with Crippen LogP contribution in [-0.4, -0.2) is 37.1 Å². The Hall–Kier alpha value is -3.42. The molecule has 3 heterocycles. The molecule has 0 bridgehead atoms. The third-order valence-corrected chi connectivity index (χ3v) is 5.47. The summed E-state index contributed by atoms with van der Waals surface area (Å²) in [5, 5.41) is 3.68. The SMILES string of the molecule is O=C(Nc1c([C@@H](c2ccccc2F)N2CCOCC2)oc2ccccc12)c1ccco1. The molecule has 1 amide bonds. The number of para-hydroxylation sites is 1. The molecule has 7 heteroatoms. The standard InChI is InChI=1S/C24H21FN2O4/c25-18-8-3-1-6-16(18)22(27-11-14-29-15-12-27)23-21(17-7-2-4-9-19(17)31-23)26-24(28)20-10-5-13-30-20/h1-10,13,22H,11-12,14-15H2,(H,26,28)/t22-/m1/s1. The van der Waals surface area contributed by atoms with Crippen molar-refractivity contribution in [3.63, 3.8) is 0 Å². The fraction of sp³-hybridized carbons (Fsp3) is 0.208. The lowest BCUT2D eigenvalue weighted by Crippen LogP contribution is -2.40. The van der Waals surface area contributed by atoms with Crippen molar-refractivity contribution >= 4 is 22.6 Å². The van der Waals surface area contributed by atoms with Crippen LogP contribution in [0.5, 0.6) is 0 Å². The maximum atomic E-state index is 15.0. The number of amides is 1. The second-order valence-electron chi connectivity index (χ2n) is 7.34. The van der Waals surface area contributed by atoms with Crippen LogP contribution in [0, 0.1) is 5.82 Å². The van der Waals surface area contributed by atoms with Gasteiger partial charge in [-0.25, -0.2) is 4.39 Å². The van der Waals surface area contributed by atoms with Gasteiger partial charge in [0.15, 0.2) is 11.5 Å². The van der Waals surface area contributed by atoms with E-state index in [4.69, 9.17) is 13.6 Å². The van der Waals surface area contributed by atoms with Crippen molar-refractivity contribution < 1.29 is 22.8 Å². The molecular weight excluding hydrogens is 399 g/mol. The van der Waals surface area contributed by atoms with Crippen LogP contribution in [0.4, 0.5) is 10.1 Å². The Balaban J connectivity index is 1.66. The maximum absolute atomic E-state index is 15.0. The fourth-order valence-corrected chi connectivity index (χ4v) is 4.01. The molecule has 0 aliphatic carbocycles. The lowest BCUT2D eigenvalue weighted by Gasteiger charge is -2.34. The summed E-state index contributed by atoms with van der Waals surface area (Å²) in [6.45, 7) is 2.31. The van der Waals surface area contributed by atoms with Gasteiger partial charge in [0.1, 0.15) is 11.4 Å². The van der Waals surface area contributed by atoms with Crippen LogP contribution in [0.3, 0.4) is 0 Å². The average Bonchev–Trinajstić information content (AvgIpc) is 3.45. The first-order valence-electron chi connectivity index (χ1n) is 10.1. The molecule has 158 valence electrons. The molecule has 0 spiro atoms. The van der Waals surface area contributed by atoms with Gasteiger partial charge in [0.05, 0.1) is 31.2 Å². The number of morpholine rings is 1. The summed E-state index contributed by atoms with van der Waals surface area (Å²) in [5.74, 6) is -0.0621. The van der Waals surface area contributed by atoms with Crippen LogP contribution in [-0.2, 0) is 4.74 Å². The zero-order valence-electron chi connectivity index (χ0n) is 16.7. The van der Waals surface area contributed by atoms with Crippen molar-refractivity contribution in [3.05, 3.63) is 89.8 Å². The fourth-order valence-electron chi connectivity index (χ4n) is 4.01. The van der Waals surface area contributed by atoms with Gasteiger partial charge in [0, 0.05) is 24.0 Å². The number of hydrogen-bond donors (Lipinski definition) is 1. The van der Waals surface area contributed by atoms with E-state index in [1.54, 1.807) is 30.3 Å². The van der Waals surface area contributed by atoms with Gasteiger partial charge in [-0.15, -0.1) is 0 Å². The number of nitrogens with one attached hydrogen (secondary N) is 1. The summed E-state index contributed by atoms with van der Waals surface area (Å²) >= 11 is 0. The number of carbonyl (C=O) groups is 1.